The molecule has 0 aliphatic rings. The molecule has 0 fully saturated rings. The topological polar surface area (TPSA) is 55.6 Å². The van der Waals surface area contributed by atoms with Crippen LogP contribution in [0.4, 0.5) is 19.0 Å². The van der Waals surface area contributed by atoms with E-state index >= 15 is 0 Å². The number of alkyl halides is 3. The molecule has 0 aliphatic carbocycles. The van der Waals surface area contributed by atoms with E-state index in [1.165, 1.54) is 18.5 Å². The number of aryl methyl sites for hydroxylation is 1. The molecule has 0 radical (unpaired) electrons. The summed E-state index contributed by atoms with van der Waals surface area (Å²) in [6, 6.07) is 5.22. The average Bonchev–Trinajstić information content (AvgIpc) is 2.89. The van der Waals surface area contributed by atoms with Gasteiger partial charge in [-0.25, -0.2) is 9.97 Å². The summed E-state index contributed by atoms with van der Waals surface area (Å²) in [5, 5.41) is 8.31. The van der Waals surface area contributed by atoms with Crippen molar-refractivity contribution in [3.8, 4) is 0 Å². The van der Waals surface area contributed by atoms with Crippen LogP contribution >= 0.6 is 0 Å². The number of anilines is 1. The molecule has 0 saturated carbocycles. The third kappa shape index (κ3) is 3.72. The Balaban J connectivity index is 1.79. The fraction of sp³-hybridized carbons (Fsp3) is 0.353. The number of nitrogens with one attached hydrogen (secondary N) is 1. The molecule has 2 aromatic heterocycles. The molecule has 132 valence electrons. The minimum absolute atomic E-state index is 0.420. The summed E-state index contributed by atoms with van der Waals surface area (Å²) in [6.45, 7) is 3.93. The van der Waals surface area contributed by atoms with E-state index in [4.69, 9.17) is 0 Å². The van der Waals surface area contributed by atoms with Crippen molar-refractivity contribution in [1.82, 2.24) is 19.7 Å². The van der Waals surface area contributed by atoms with E-state index in [1.54, 1.807) is 17.9 Å². The van der Waals surface area contributed by atoms with E-state index in [1.807, 2.05) is 13.8 Å². The van der Waals surface area contributed by atoms with Gasteiger partial charge in [-0.15, -0.1) is 0 Å². The minimum Gasteiger partial charge on any atom is -0.364 e. The second-order valence-electron chi connectivity index (χ2n) is 6.61. The van der Waals surface area contributed by atoms with Crippen LogP contribution < -0.4 is 5.32 Å². The first kappa shape index (κ1) is 17.2. The van der Waals surface area contributed by atoms with Crippen molar-refractivity contribution in [3.05, 3.63) is 47.9 Å². The molecule has 0 atom stereocenters. The predicted molar refractivity (Wildman–Crippen MR) is 89.2 cm³/mol. The normalized spacial score (nSPS) is 12.6. The lowest BCUT2D eigenvalue weighted by molar-refractivity contribution is -0.137. The van der Waals surface area contributed by atoms with E-state index in [9.17, 15) is 13.2 Å². The highest BCUT2D eigenvalue weighted by molar-refractivity contribution is 5.86. The Bertz CT molecular complexity index is 881. The molecule has 0 saturated heterocycles. The lowest BCUT2D eigenvalue weighted by Gasteiger charge is -2.27. The first-order chi connectivity index (χ1) is 11.7. The molecule has 0 amide bonds. The minimum atomic E-state index is -4.32. The molecule has 5 nitrogen and oxygen atoms in total. The summed E-state index contributed by atoms with van der Waals surface area (Å²) in [5.41, 5.74) is 0.455. The smallest absolute Gasteiger partial charge is 0.364 e. The number of halogens is 3. The molecular formula is C17H18F3N5. The number of benzene rings is 1. The monoisotopic (exact) mass is 349 g/mol. The van der Waals surface area contributed by atoms with Crippen LogP contribution in [0.5, 0.6) is 0 Å². The van der Waals surface area contributed by atoms with Crippen LogP contribution in [0, 0.1) is 0 Å². The van der Waals surface area contributed by atoms with Crippen molar-refractivity contribution >= 4 is 16.9 Å². The van der Waals surface area contributed by atoms with Gasteiger partial charge in [-0.05, 0) is 38.0 Å². The maximum Gasteiger partial charge on any atom is 0.416 e. The van der Waals surface area contributed by atoms with Gasteiger partial charge in [-0.3, -0.25) is 4.68 Å². The Labute approximate surface area is 142 Å². The van der Waals surface area contributed by atoms with Gasteiger partial charge in [0.2, 0.25) is 0 Å². The van der Waals surface area contributed by atoms with E-state index < -0.39 is 17.3 Å². The van der Waals surface area contributed by atoms with Crippen LogP contribution in [-0.2, 0) is 19.6 Å². The Morgan fingerprint density at radius 3 is 2.40 bits per heavy atom. The number of aromatic nitrogens is 4. The Morgan fingerprint density at radius 1 is 1.08 bits per heavy atom. The van der Waals surface area contributed by atoms with Crippen LogP contribution in [0.25, 0.3) is 11.0 Å². The van der Waals surface area contributed by atoms with Gasteiger partial charge in [0.15, 0.2) is 5.65 Å². The fourth-order valence-corrected chi connectivity index (χ4v) is 2.75. The second-order valence-corrected chi connectivity index (χ2v) is 6.61. The number of hydrogen-bond acceptors (Lipinski definition) is 4. The Hall–Kier alpha value is -2.64. The molecule has 3 aromatic rings. The van der Waals surface area contributed by atoms with Gasteiger partial charge < -0.3 is 5.32 Å². The highest BCUT2D eigenvalue weighted by Gasteiger charge is 2.30. The van der Waals surface area contributed by atoms with E-state index in [-0.39, 0.29) is 0 Å². The Morgan fingerprint density at radius 2 is 1.76 bits per heavy atom. The summed E-state index contributed by atoms with van der Waals surface area (Å²) in [7, 11) is 1.80. The summed E-state index contributed by atoms with van der Waals surface area (Å²) in [6.07, 6.45) is -0.636. The molecule has 0 bridgehead atoms. The Kier molecular flexibility index (Phi) is 4.14. The number of fused-ring (bicyclic) bond motifs is 1. The van der Waals surface area contributed by atoms with Gasteiger partial charge in [0.05, 0.1) is 17.1 Å². The van der Waals surface area contributed by atoms with Crippen LogP contribution in [-0.4, -0.2) is 25.3 Å². The van der Waals surface area contributed by atoms with Crippen molar-refractivity contribution in [2.24, 2.45) is 7.05 Å². The third-order valence-electron chi connectivity index (χ3n) is 3.91. The number of rotatable bonds is 4. The van der Waals surface area contributed by atoms with E-state index in [2.05, 4.69) is 20.4 Å². The first-order valence-corrected chi connectivity index (χ1v) is 7.73. The van der Waals surface area contributed by atoms with Crippen molar-refractivity contribution in [3.63, 3.8) is 0 Å². The molecule has 0 aliphatic heterocycles. The SMILES string of the molecule is Cn1ncc2c(NC(C)(C)Cc3ccc(C(F)(F)F)cc3)ncnc21. The highest BCUT2D eigenvalue weighted by atomic mass is 19.4. The quantitative estimate of drug-likeness (QED) is 0.778. The summed E-state index contributed by atoms with van der Waals surface area (Å²) in [4.78, 5) is 8.46. The number of nitrogens with zero attached hydrogens (tertiary/aromatic N) is 4. The summed E-state index contributed by atoms with van der Waals surface area (Å²) in [5.74, 6) is 0.648. The number of hydrogen-bond donors (Lipinski definition) is 1. The summed E-state index contributed by atoms with van der Waals surface area (Å²) >= 11 is 0. The van der Waals surface area contributed by atoms with Crippen molar-refractivity contribution in [2.75, 3.05) is 5.32 Å². The van der Waals surface area contributed by atoms with E-state index in [0.717, 1.165) is 23.1 Å². The van der Waals surface area contributed by atoms with Crippen LogP contribution in [0.2, 0.25) is 0 Å². The molecule has 1 N–H and O–H groups in total. The van der Waals surface area contributed by atoms with Gasteiger partial charge in [0, 0.05) is 12.6 Å². The molecule has 25 heavy (non-hydrogen) atoms. The van der Waals surface area contributed by atoms with Crippen molar-refractivity contribution < 1.29 is 13.2 Å². The van der Waals surface area contributed by atoms with Gasteiger partial charge in [-0.1, -0.05) is 12.1 Å². The molecule has 0 spiro atoms. The average molecular weight is 349 g/mol. The molecular weight excluding hydrogens is 331 g/mol. The van der Waals surface area contributed by atoms with Gasteiger partial charge in [-0.2, -0.15) is 18.3 Å². The zero-order valence-electron chi connectivity index (χ0n) is 14.1. The van der Waals surface area contributed by atoms with Crippen LogP contribution in [0.3, 0.4) is 0 Å². The van der Waals surface area contributed by atoms with Crippen molar-refractivity contribution in [1.29, 1.82) is 0 Å². The maximum atomic E-state index is 12.7. The van der Waals surface area contributed by atoms with Gasteiger partial charge >= 0.3 is 6.18 Å². The zero-order valence-corrected chi connectivity index (χ0v) is 14.1. The largest absolute Gasteiger partial charge is 0.416 e. The van der Waals surface area contributed by atoms with Gasteiger partial charge in [0.1, 0.15) is 12.1 Å². The van der Waals surface area contributed by atoms with Gasteiger partial charge in [0.25, 0.3) is 0 Å². The molecule has 0 unspecified atom stereocenters. The lowest BCUT2D eigenvalue weighted by Crippen LogP contribution is -2.34. The van der Waals surface area contributed by atoms with Crippen molar-refractivity contribution in [2.45, 2.75) is 32.0 Å². The zero-order chi connectivity index (χ0) is 18.2. The predicted octanol–water partition coefficient (Wildman–Crippen LogP) is 3.82. The molecule has 3 rings (SSSR count). The third-order valence-corrected chi connectivity index (χ3v) is 3.91. The second kappa shape index (κ2) is 6.02. The lowest BCUT2D eigenvalue weighted by atomic mass is 9.94. The molecule has 2 heterocycles. The maximum absolute atomic E-state index is 12.7. The molecule has 1 aromatic carbocycles. The standard InChI is InChI=1S/C17H18F3N5/c1-16(2,8-11-4-6-12(7-5-11)17(18,19)20)24-14-13-9-23-25(3)15(13)22-10-21-14/h4-7,9-10H,8H2,1-3H3,(H,21,22,24). The van der Waals surface area contributed by atoms with E-state index in [0.29, 0.717) is 17.9 Å². The molecule has 8 heteroatoms. The first-order valence-electron chi connectivity index (χ1n) is 7.73. The summed E-state index contributed by atoms with van der Waals surface area (Å²) < 4.78 is 39.6. The highest BCUT2D eigenvalue weighted by Crippen LogP contribution is 2.30. The van der Waals surface area contributed by atoms with Crippen LogP contribution in [0.15, 0.2) is 36.8 Å². The fourth-order valence-electron chi connectivity index (χ4n) is 2.75. The van der Waals surface area contributed by atoms with Crippen LogP contribution in [0.1, 0.15) is 25.0 Å².